The summed E-state index contributed by atoms with van der Waals surface area (Å²) in [5, 5.41) is 0.900. The molecule has 6 heteroatoms. The van der Waals surface area contributed by atoms with Gasteiger partial charge in [0.15, 0.2) is 5.82 Å². The molecule has 0 saturated carbocycles. The second-order valence-corrected chi connectivity index (χ2v) is 4.14. The van der Waals surface area contributed by atoms with Crippen LogP contribution in [0.3, 0.4) is 0 Å². The van der Waals surface area contributed by atoms with Gasteiger partial charge < -0.3 is 0 Å². The van der Waals surface area contributed by atoms with Gasteiger partial charge in [0.05, 0.1) is 15.9 Å². The van der Waals surface area contributed by atoms with Gasteiger partial charge >= 0.3 is 0 Å². The largest absolute Gasteiger partial charge is 0.250 e. The fourth-order valence-electron chi connectivity index (χ4n) is 1.13. The van der Waals surface area contributed by atoms with E-state index in [9.17, 15) is 0 Å². The Hall–Kier alpha value is -0.900. The lowest BCUT2D eigenvalue weighted by Gasteiger charge is -2.02. The van der Waals surface area contributed by atoms with Crippen molar-refractivity contribution in [1.29, 1.82) is 0 Å². The fourth-order valence-corrected chi connectivity index (χ4v) is 1.73. The molecule has 0 atom stereocenters. The maximum atomic E-state index is 5.98. The molecule has 2 aromatic rings. The molecule has 0 radical (unpaired) electrons. The molecular weight excluding hydrogens is 268 g/mol. The van der Waals surface area contributed by atoms with Crippen molar-refractivity contribution in [3.8, 4) is 11.5 Å². The molecular formula is C10H6Cl3N3. The Kier molecular flexibility index (Phi) is 3.59. The van der Waals surface area contributed by atoms with Gasteiger partial charge in [-0.15, -0.1) is 11.6 Å². The predicted octanol–water partition coefficient (Wildman–Crippen LogP) is 3.58. The van der Waals surface area contributed by atoms with E-state index in [1.165, 1.54) is 6.20 Å². The van der Waals surface area contributed by atoms with Gasteiger partial charge in [-0.2, -0.15) is 0 Å². The zero-order chi connectivity index (χ0) is 11.5. The number of hydrogen-bond acceptors (Lipinski definition) is 3. The second-order valence-electron chi connectivity index (χ2n) is 3.03. The molecule has 16 heavy (non-hydrogen) atoms. The van der Waals surface area contributed by atoms with Crippen LogP contribution in [0.5, 0.6) is 0 Å². The maximum Gasteiger partial charge on any atom is 0.179 e. The second kappa shape index (κ2) is 4.95. The monoisotopic (exact) mass is 273 g/mol. The molecule has 2 aromatic heterocycles. The van der Waals surface area contributed by atoms with Gasteiger partial charge in [-0.1, -0.05) is 23.2 Å². The number of nitrogens with zero attached hydrogens (tertiary/aromatic N) is 3. The number of pyridine rings is 1. The van der Waals surface area contributed by atoms with Crippen molar-refractivity contribution in [2.75, 3.05) is 0 Å². The van der Waals surface area contributed by atoms with E-state index in [4.69, 9.17) is 34.8 Å². The van der Waals surface area contributed by atoms with Crippen molar-refractivity contribution in [1.82, 2.24) is 15.0 Å². The van der Waals surface area contributed by atoms with Crippen LogP contribution in [0.15, 0.2) is 24.7 Å². The Labute approximate surface area is 107 Å². The minimum absolute atomic E-state index is 0.377. The highest BCUT2D eigenvalue weighted by Gasteiger charge is 2.08. The molecule has 3 nitrogen and oxygen atoms in total. The molecule has 0 amide bonds. The molecule has 0 bridgehead atoms. The third-order valence-electron chi connectivity index (χ3n) is 1.88. The average Bonchev–Trinajstić information content (AvgIpc) is 2.29. The van der Waals surface area contributed by atoms with Crippen LogP contribution < -0.4 is 0 Å². The van der Waals surface area contributed by atoms with Gasteiger partial charge in [-0.25, -0.2) is 15.0 Å². The fraction of sp³-hybridized carbons (Fsp3) is 0.100. The van der Waals surface area contributed by atoms with E-state index in [-0.39, 0.29) is 0 Å². The van der Waals surface area contributed by atoms with E-state index in [2.05, 4.69) is 15.0 Å². The summed E-state index contributed by atoms with van der Waals surface area (Å²) in [7, 11) is 0. The quantitative estimate of drug-likeness (QED) is 0.786. The molecule has 0 aliphatic heterocycles. The van der Waals surface area contributed by atoms with Crippen molar-refractivity contribution in [2.24, 2.45) is 0 Å². The third-order valence-corrected chi connectivity index (χ3v) is 2.68. The van der Waals surface area contributed by atoms with E-state index in [0.717, 1.165) is 5.56 Å². The van der Waals surface area contributed by atoms with Gasteiger partial charge in [0.2, 0.25) is 0 Å². The van der Waals surface area contributed by atoms with Crippen molar-refractivity contribution in [3.63, 3.8) is 0 Å². The van der Waals surface area contributed by atoms with Crippen LogP contribution in [-0.2, 0) is 5.88 Å². The molecule has 2 rings (SSSR count). The van der Waals surface area contributed by atoms with E-state index in [1.807, 2.05) is 0 Å². The Balaban J connectivity index is 2.42. The van der Waals surface area contributed by atoms with Crippen LogP contribution in [0.2, 0.25) is 10.0 Å². The van der Waals surface area contributed by atoms with Gasteiger partial charge in [0.1, 0.15) is 5.69 Å². The minimum atomic E-state index is 0.377. The number of halogens is 3. The smallest absolute Gasteiger partial charge is 0.179 e. The van der Waals surface area contributed by atoms with E-state index in [1.54, 1.807) is 18.5 Å². The zero-order valence-electron chi connectivity index (χ0n) is 7.99. The third kappa shape index (κ3) is 2.43. The van der Waals surface area contributed by atoms with Gasteiger partial charge in [0.25, 0.3) is 0 Å². The highest BCUT2D eigenvalue weighted by atomic mass is 35.5. The first-order valence-electron chi connectivity index (χ1n) is 4.39. The van der Waals surface area contributed by atoms with Crippen LogP contribution in [0.4, 0.5) is 0 Å². The highest BCUT2D eigenvalue weighted by Crippen LogP contribution is 2.25. The lowest BCUT2D eigenvalue weighted by atomic mass is 10.3. The summed E-state index contributed by atoms with van der Waals surface area (Å²) in [5.41, 5.74) is 1.35. The predicted molar refractivity (Wildman–Crippen MR) is 64.8 cm³/mol. The molecule has 2 heterocycles. The molecule has 0 unspecified atom stereocenters. The van der Waals surface area contributed by atoms with Gasteiger partial charge in [0, 0.05) is 24.2 Å². The summed E-state index contributed by atoms with van der Waals surface area (Å²) in [6.07, 6.45) is 4.78. The first-order chi connectivity index (χ1) is 7.70. The Morgan fingerprint density at radius 3 is 2.25 bits per heavy atom. The Morgan fingerprint density at radius 1 is 1.00 bits per heavy atom. The summed E-state index contributed by atoms with van der Waals surface area (Å²) >= 11 is 17.4. The minimum Gasteiger partial charge on any atom is -0.250 e. The SMILES string of the molecule is ClCc1cnc(-c2ncc(Cl)cc2Cl)nc1. The maximum absolute atomic E-state index is 5.98. The number of alkyl halides is 1. The molecule has 0 aliphatic carbocycles. The van der Waals surface area contributed by atoms with E-state index in [0.29, 0.717) is 27.4 Å². The van der Waals surface area contributed by atoms with E-state index < -0.39 is 0 Å². The Bertz CT molecular complexity index is 499. The topological polar surface area (TPSA) is 38.7 Å². The van der Waals surface area contributed by atoms with Crippen molar-refractivity contribution < 1.29 is 0 Å². The molecule has 0 saturated heterocycles. The van der Waals surface area contributed by atoms with E-state index >= 15 is 0 Å². The van der Waals surface area contributed by atoms with Crippen LogP contribution in [-0.4, -0.2) is 15.0 Å². The number of aromatic nitrogens is 3. The first-order valence-corrected chi connectivity index (χ1v) is 5.68. The normalized spacial score (nSPS) is 10.4. The molecule has 0 N–H and O–H groups in total. The molecule has 0 fully saturated rings. The number of rotatable bonds is 2. The molecule has 0 spiro atoms. The standard InChI is InChI=1S/C10H6Cl3N3/c11-2-6-3-15-10(16-4-6)9-8(13)1-7(12)5-14-9/h1,3-5H,2H2. The lowest BCUT2D eigenvalue weighted by molar-refractivity contribution is 1.10. The highest BCUT2D eigenvalue weighted by molar-refractivity contribution is 6.35. The van der Waals surface area contributed by atoms with Crippen molar-refractivity contribution >= 4 is 34.8 Å². The molecule has 82 valence electrons. The van der Waals surface area contributed by atoms with Crippen LogP contribution in [0, 0.1) is 0 Å². The first kappa shape index (κ1) is 11.6. The summed E-state index contributed by atoms with van der Waals surface area (Å²) in [6, 6.07) is 1.60. The van der Waals surface area contributed by atoms with Crippen molar-refractivity contribution in [2.45, 2.75) is 5.88 Å². The average molecular weight is 275 g/mol. The van der Waals surface area contributed by atoms with Crippen LogP contribution in [0.1, 0.15) is 5.56 Å². The molecule has 0 aromatic carbocycles. The number of hydrogen-bond donors (Lipinski definition) is 0. The summed E-state index contributed by atoms with van der Waals surface area (Å²) in [4.78, 5) is 12.3. The lowest BCUT2D eigenvalue weighted by Crippen LogP contribution is -1.93. The summed E-state index contributed by atoms with van der Waals surface area (Å²) in [6.45, 7) is 0. The Morgan fingerprint density at radius 2 is 1.69 bits per heavy atom. The zero-order valence-corrected chi connectivity index (χ0v) is 10.3. The van der Waals surface area contributed by atoms with Gasteiger partial charge in [-0.3, -0.25) is 0 Å². The summed E-state index contributed by atoms with van der Waals surface area (Å²) < 4.78 is 0. The van der Waals surface area contributed by atoms with Crippen LogP contribution >= 0.6 is 34.8 Å². The van der Waals surface area contributed by atoms with Crippen LogP contribution in [0.25, 0.3) is 11.5 Å². The van der Waals surface area contributed by atoms with Gasteiger partial charge in [-0.05, 0) is 6.07 Å². The molecule has 0 aliphatic rings. The summed E-state index contributed by atoms with van der Waals surface area (Å²) in [5.74, 6) is 0.831. The van der Waals surface area contributed by atoms with Crippen molar-refractivity contribution in [3.05, 3.63) is 40.3 Å².